The highest BCUT2D eigenvalue weighted by Gasteiger charge is 2.12. The highest BCUT2D eigenvalue weighted by atomic mass is 35.5. The number of hydrogen-bond donors (Lipinski definition) is 1. The molecule has 0 radical (unpaired) electrons. The molecule has 2 heterocycles. The number of furan rings is 1. The molecule has 2 aromatic rings. The molecule has 6 nitrogen and oxygen atoms in total. The molecule has 0 aliphatic rings. The smallest absolute Gasteiger partial charge is 0.350 e. The van der Waals surface area contributed by atoms with E-state index < -0.39 is 23.1 Å². The third kappa shape index (κ3) is 2.75. The van der Waals surface area contributed by atoms with Gasteiger partial charge in [0.2, 0.25) is 5.78 Å². The normalized spacial score (nSPS) is 9.83. The Kier molecular flexibility index (Phi) is 4.22. The van der Waals surface area contributed by atoms with Crippen LogP contribution in [-0.2, 0) is 6.54 Å². The van der Waals surface area contributed by atoms with E-state index in [1.807, 2.05) is 0 Å². The summed E-state index contributed by atoms with van der Waals surface area (Å²) in [5.41, 5.74) is 4.32. The molecule has 0 fully saturated rings. The number of carbonyl (C=O) groups excluding carboxylic acids is 1. The minimum absolute atomic E-state index is 0. The summed E-state index contributed by atoms with van der Waals surface area (Å²) in [6.07, 6.45) is 2.17. The van der Waals surface area contributed by atoms with Gasteiger partial charge in [0.05, 0.1) is 12.8 Å². The van der Waals surface area contributed by atoms with E-state index in [1.54, 1.807) is 0 Å². The number of Topliss-reactive ketones (excluding diaryl/α,β-unsaturated/α-hetero) is 1. The lowest BCUT2D eigenvalue weighted by Gasteiger charge is -2.03. The molecule has 2 aromatic heterocycles. The van der Waals surface area contributed by atoms with Gasteiger partial charge in [0.25, 0.3) is 0 Å². The first-order chi connectivity index (χ1) is 8.08. The predicted molar refractivity (Wildman–Crippen MR) is 63.2 cm³/mol. The summed E-state index contributed by atoms with van der Waals surface area (Å²) < 4.78 is 18.8. The molecule has 0 aromatic carbocycles. The number of carbonyl (C=O) groups is 1. The van der Waals surface area contributed by atoms with Crippen LogP contribution in [0, 0.1) is 5.82 Å². The van der Waals surface area contributed by atoms with Crippen LogP contribution < -0.4 is 11.4 Å². The summed E-state index contributed by atoms with van der Waals surface area (Å²) in [5.74, 6) is -1.70. The Morgan fingerprint density at radius 3 is 2.89 bits per heavy atom. The molecule has 0 unspecified atom stereocenters. The molecule has 2 rings (SSSR count). The fraction of sp³-hybridized carbons (Fsp3) is 0.100. The Balaban J connectivity index is 0.00000162. The van der Waals surface area contributed by atoms with Crippen LogP contribution in [0.1, 0.15) is 10.6 Å². The number of nitrogens with two attached hydrogens (primary N) is 1. The standard InChI is InChI=1S/C10H8FN3O3.ClH/c11-6-4-14(10(16)13-9(6)12)5-7(15)8-2-1-3-17-8;/h1-4H,5H2,(H2,12,13,16);1H. The average Bonchev–Trinajstić information content (AvgIpc) is 2.79. The number of halogens is 2. The third-order valence-electron chi connectivity index (χ3n) is 2.09. The largest absolute Gasteiger partial charge is 0.461 e. The molecule has 96 valence electrons. The molecular weight excluding hydrogens is 265 g/mol. The van der Waals surface area contributed by atoms with Gasteiger partial charge in [-0.15, -0.1) is 12.4 Å². The summed E-state index contributed by atoms with van der Waals surface area (Å²) in [7, 11) is 0. The van der Waals surface area contributed by atoms with E-state index in [0.717, 1.165) is 10.8 Å². The Morgan fingerprint density at radius 1 is 1.56 bits per heavy atom. The van der Waals surface area contributed by atoms with E-state index in [1.165, 1.54) is 18.4 Å². The number of nitrogen functional groups attached to an aromatic ring is 1. The van der Waals surface area contributed by atoms with Crippen molar-refractivity contribution in [2.45, 2.75) is 6.54 Å². The number of rotatable bonds is 3. The van der Waals surface area contributed by atoms with Gasteiger partial charge in [-0.3, -0.25) is 9.36 Å². The van der Waals surface area contributed by atoms with Crippen molar-refractivity contribution in [3.8, 4) is 0 Å². The minimum atomic E-state index is -0.850. The maximum absolute atomic E-state index is 13.1. The fourth-order valence-corrected chi connectivity index (χ4v) is 1.26. The molecule has 2 N–H and O–H groups in total. The lowest BCUT2D eigenvalue weighted by atomic mass is 10.3. The van der Waals surface area contributed by atoms with Crippen molar-refractivity contribution >= 4 is 24.0 Å². The summed E-state index contributed by atoms with van der Waals surface area (Å²) in [4.78, 5) is 26.1. The van der Waals surface area contributed by atoms with E-state index in [2.05, 4.69) is 4.98 Å². The summed E-state index contributed by atoms with van der Waals surface area (Å²) in [6.45, 7) is -0.351. The number of nitrogens with zero attached hydrogens (tertiary/aromatic N) is 2. The highest BCUT2D eigenvalue weighted by Crippen LogP contribution is 2.04. The van der Waals surface area contributed by atoms with Crippen molar-refractivity contribution < 1.29 is 13.6 Å². The van der Waals surface area contributed by atoms with Crippen molar-refractivity contribution in [2.75, 3.05) is 5.73 Å². The van der Waals surface area contributed by atoms with Crippen molar-refractivity contribution in [3.63, 3.8) is 0 Å². The molecule has 0 aliphatic heterocycles. The van der Waals surface area contributed by atoms with Gasteiger partial charge in [-0.1, -0.05) is 0 Å². The molecule has 0 bridgehead atoms. The topological polar surface area (TPSA) is 91.1 Å². The summed E-state index contributed by atoms with van der Waals surface area (Å²) in [5, 5.41) is 0. The Bertz CT molecular complexity index is 609. The lowest BCUT2D eigenvalue weighted by molar-refractivity contribution is 0.0943. The molecule has 8 heteroatoms. The van der Waals surface area contributed by atoms with E-state index in [4.69, 9.17) is 10.2 Å². The van der Waals surface area contributed by atoms with Crippen LogP contribution >= 0.6 is 12.4 Å². The van der Waals surface area contributed by atoms with Crippen LogP contribution in [-0.4, -0.2) is 15.3 Å². The fourth-order valence-electron chi connectivity index (χ4n) is 1.26. The van der Waals surface area contributed by atoms with Gasteiger partial charge < -0.3 is 10.2 Å². The first-order valence-electron chi connectivity index (χ1n) is 4.67. The maximum Gasteiger partial charge on any atom is 0.350 e. The maximum atomic E-state index is 13.1. The number of ketones is 1. The van der Waals surface area contributed by atoms with Gasteiger partial charge in [-0.05, 0) is 12.1 Å². The Morgan fingerprint density at radius 2 is 2.28 bits per heavy atom. The molecule has 0 atom stereocenters. The Hall–Kier alpha value is -2.15. The van der Waals surface area contributed by atoms with Gasteiger partial charge in [0.1, 0.15) is 0 Å². The van der Waals surface area contributed by atoms with Crippen molar-refractivity contribution in [3.05, 3.63) is 46.7 Å². The monoisotopic (exact) mass is 273 g/mol. The van der Waals surface area contributed by atoms with Crippen LogP contribution in [0.2, 0.25) is 0 Å². The molecule has 0 saturated heterocycles. The zero-order chi connectivity index (χ0) is 12.4. The second-order valence-corrected chi connectivity index (χ2v) is 3.29. The van der Waals surface area contributed by atoms with Crippen LogP contribution in [0.3, 0.4) is 0 Å². The number of hydrogen-bond acceptors (Lipinski definition) is 5. The summed E-state index contributed by atoms with van der Waals surface area (Å²) >= 11 is 0. The van der Waals surface area contributed by atoms with Gasteiger partial charge in [-0.2, -0.15) is 4.98 Å². The Labute approximate surface area is 107 Å². The molecule has 18 heavy (non-hydrogen) atoms. The number of aromatic nitrogens is 2. The number of anilines is 1. The highest BCUT2D eigenvalue weighted by molar-refractivity contribution is 5.93. The van der Waals surface area contributed by atoms with Gasteiger partial charge in [0, 0.05) is 6.20 Å². The second kappa shape index (κ2) is 5.46. The lowest BCUT2D eigenvalue weighted by Crippen LogP contribution is -2.27. The quantitative estimate of drug-likeness (QED) is 0.838. The van der Waals surface area contributed by atoms with Crippen molar-refractivity contribution in [2.24, 2.45) is 0 Å². The van der Waals surface area contributed by atoms with Crippen molar-refractivity contribution in [1.82, 2.24) is 9.55 Å². The zero-order valence-corrected chi connectivity index (χ0v) is 9.82. The van der Waals surface area contributed by atoms with E-state index >= 15 is 0 Å². The molecule has 0 aliphatic carbocycles. The minimum Gasteiger partial charge on any atom is -0.461 e. The van der Waals surface area contributed by atoms with E-state index in [-0.39, 0.29) is 24.7 Å². The van der Waals surface area contributed by atoms with Crippen LogP contribution in [0.25, 0.3) is 0 Å². The van der Waals surface area contributed by atoms with E-state index in [9.17, 15) is 14.0 Å². The van der Waals surface area contributed by atoms with Crippen LogP contribution in [0.4, 0.5) is 10.2 Å². The van der Waals surface area contributed by atoms with Crippen molar-refractivity contribution in [1.29, 1.82) is 0 Å². The van der Waals surface area contributed by atoms with Crippen LogP contribution in [0.5, 0.6) is 0 Å². The average molecular weight is 274 g/mol. The van der Waals surface area contributed by atoms with Gasteiger partial charge >= 0.3 is 5.69 Å². The summed E-state index contributed by atoms with van der Waals surface area (Å²) in [6, 6.07) is 2.99. The zero-order valence-electron chi connectivity index (χ0n) is 9.00. The molecule has 0 saturated carbocycles. The first-order valence-corrected chi connectivity index (χ1v) is 4.67. The van der Waals surface area contributed by atoms with E-state index in [0.29, 0.717) is 0 Å². The predicted octanol–water partition coefficient (Wildman–Crippen LogP) is 0.862. The van der Waals surface area contributed by atoms with Gasteiger partial charge in [-0.25, -0.2) is 9.18 Å². The second-order valence-electron chi connectivity index (χ2n) is 3.29. The van der Waals surface area contributed by atoms with Crippen LogP contribution in [0.15, 0.2) is 33.8 Å². The molecule has 0 spiro atoms. The molecule has 0 amide bonds. The first kappa shape index (κ1) is 13.9. The third-order valence-corrected chi connectivity index (χ3v) is 2.09. The molecular formula is C10H9ClFN3O3. The van der Waals surface area contributed by atoms with Gasteiger partial charge in [0.15, 0.2) is 17.4 Å². The SMILES string of the molecule is Cl.Nc1nc(=O)n(CC(=O)c2ccco2)cc1F.